The Bertz CT molecular complexity index is 2670. The quantitative estimate of drug-likeness (QED) is 0.0522. The number of carbonyl (C=O) groups excluding carboxylic acids is 4. The van der Waals surface area contributed by atoms with Crippen molar-refractivity contribution in [2.75, 3.05) is 39.9 Å². The summed E-state index contributed by atoms with van der Waals surface area (Å²) in [6, 6.07) is 7.03. The van der Waals surface area contributed by atoms with E-state index in [1.165, 1.54) is 50.4 Å². The first-order valence-corrected chi connectivity index (χ1v) is 23.4. The molecule has 3 unspecified atom stereocenters. The van der Waals surface area contributed by atoms with E-state index in [0.717, 1.165) is 11.9 Å². The number of aliphatic hydroxyl groups excluding tert-OH is 2. The van der Waals surface area contributed by atoms with Crippen molar-refractivity contribution in [2.45, 2.75) is 76.6 Å². The summed E-state index contributed by atoms with van der Waals surface area (Å²) in [4.78, 5) is 79.0. The summed E-state index contributed by atoms with van der Waals surface area (Å²) >= 11 is 0. The number of aliphatic hydroxyl groups is 2. The van der Waals surface area contributed by atoms with Gasteiger partial charge in [-0.05, 0) is 87.4 Å². The van der Waals surface area contributed by atoms with Crippen molar-refractivity contribution in [3.63, 3.8) is 0 Å². The SMILES string of the molecule is Cc1nc(-c2ccc(OC(C)C)cc2)ncc1C(=O)NC(CNS(N)(=O)=O)C(=O)N(C)[C@@H]1C(=O)N[C@@H](C)C(=O)N[C@H](C(=O)O)Cc2ccc(OCC(O)CN)c(c2)-c2cc1cc(OCC(O)CN)c2O. The van der Waals surface area contributed by atoms with Crippen LogP contribution in [0.25, 0.3) is 22.5 Å². The van der Waals surface area contributed by atoms with Crippen molar-refractivity contribution in [1.82, 2.24) is 35.5 Å². The number of carboxylic acids is 1. The van der Waals surface area contributed by atoms with Gasteiger partial charge in [0, 0.05) is 56.0 Å². The molecule has 1 aliphatic heterocycles. The average Bonchev–Trinajstić information content (AvgIpc) is 3.30. The summed E-state index contributed by atoms with van der Waals surface area (Å²) in [6.07, 6.45) is -1.55. The van der Waals surface area contributed by atoms with Gasteiger partial charge in [0.25, 0.3) is 16.1 Å². The van der Waals surface area contributed by atoms with E-state index in [0.29, 0.717) is 16.9 Å². The Labute approximate surface area is 403 Å². The zero-order chi connectivity index (χ0) is 51.6. The molecular weight excluding hydrogens is 937 g/mol. The zero-order valence-electron chi connectivity index (χ0n) is 38.9. The summed E-state index contributed by atoms with van der Waals surface area (Å²) in [6.45, 7) is 4.39. The highest BCUT2D eigenvalue weighted by Crippen LogP contribution is 2.45. The second kappa shape index (κ2) is 23.5. The number of phenols is 1. The maximum absolute atomic E-state index is 14.8. The van der Waals surface area contributed by atoms with Gasteiger partial charge >= 0.3 is 5.97 Å². The number of hydrogen-bond acceptors (Lipinski definition) is 17. The molecule has 25 heteroatoms. The predicted octanol–water partition coefficient (Wildman–Crippen LogP) is -1.27. The van der Waals surface area contributed by atoms with Crippen LogP contribution < -0.4 is 51.5 Å². The Kier molecular flexibility index (Phi) is 18.1. The Morgan fingerprint density at radius 3 is 2.16 bits per heavy atom. The molecule has 0 saturated heterocycles. The number of aromatic nitrogens is 2. The van der Waals surface area contributed by atoms with Gasteiger partial charge in [-0.15, -0.1) is 0 Å². The molecule has 0 spiro atoms. The van der Waals surface area contributed by atoms with Gasteiger partial charge in [0.1, 0.15) is 61.1 Å². The summed E-state index contributed by atoms with van der Waals surface area (Å²) < 4.78 is 43.9. The van der Waals surface area contributed by atoms with Crippen LogP contribution in [0.4, 0.5) is 0 Å². The number of nitrogens with zero attached hydrogens (tertiary/aromatic N) is 3. The smallest absolute Gasteiger partial charge is 0.326 e. The molecule has 0 aliphatic carbocycles. The van der Waals surface area contributed by atoms with Gasteiger partial charge in [-0.1, -0.05) is 6.07 Å². The average molecular weight is 995 g/mol. The normalized spacial score (nSPS) is 17.5. The Hall–Kier alpha value is -7.00. The molecule has 0 radical (unpaired) electrons. The lowest BCUT2D eigenvalue weighted by atomic mass is 9.93. The molecule has 24 nitrogen and oxygen atoms in total. The van der Waals surface area contributed by atoms with Gasteiger partial charge in [0.15, 0.2) is 17.3 Å². The highest BCUT2D eigenvalue weighted by atomic mass is 32.2. The molecule has 1 aromatic heterocycles. The fourth-order valence-corrected chi connectivity index (χ4v) is 7.48. The van der Waals surface area contributed by atoms with E-state index in [1.807, 2.05) is 18.6 Å². The fraction of sp³-hybridized carbons (Fsp3) is 0.400. The van der Waals surface area contributed by atoms with Gasteiger partial charge in [-0.25, -0.2) is 19.9 Å². The second-order valence-electron chi connectivity index (χ2n) is 16.6. The molecule has 0 fully saturated rings. The van der Waals surface area contributed by atoms with E-state index < -0.39 is 95.1 Å². The van der Waals surface area contributed by atoms with Gasteiger partial charge in [-0.2, -0.15) is 13.1 Å². The maximum atomic E-state index is 14.8. The minimum Gasteiger partial charge on any atom is -0.504 e. The van der Waals surface area contributed by atoms with Crippen molar-refractivity contribution < 1.29 is 67.0 Å². The van der Waals surface area contributed by atoms with Crippen molar-refractivity contribution in [3.05, 3.63) is 83.2 Å². The largest absolute Gasteiger partial charge is 0.504 e. The van der Waals surface area contributed by atoms with Crippen molar-refractivity contribution in [1.29, 1.82) is 0 Å². The number of hydrogen-bond donors (Lipinski definition) is 11. The Morgan fingerprint density at radius 1 is 0.929 bits per heavy atom. The lowest BCUT2D eigenvalue weighted by Gasteiger charge is -2.33. The molecule has 4 amide bonds. The number of nitrogens with two attached hydrogens (primary N) is 3. The molecule has 1 aliphatic rings. The topological polar surface area (TPSA) is 383 Å². The van der Waals surface area contributed by atoms with Crippen LogP contribution in [-0.2, 0) is 35.8 Å². The van der Waals surface area contributed by atoms with Gasteiger partial charge in [0.05, 0.1) is 17.4 Å². The summed E-state index contributed by atoms with van der Waals surface area (Å²) in [7, 11) is -3.39. The van der Waals surface area contributed by atoms with Crippen LogP contribution in [0, 0.1) is 6.92 Å². The number of ether oxygens (including phenoxy) is 3. The molecule has 14 N–H and O–H groups in total. The Balaban J connectivity index is 1.64. The number of likely N-dealkylation sites (N-methyl/N-ethyl adjacent to an activating group) is 1. The molecule has 4 bridgehead atoms. The number of carbonyl (C=O) groups is 5. The van der Waals surface area contributed by atoms with E-state index in [-0.39, 0.29) is 77.5 Å². The second-order valence-corrected chi connectivity index (χ2v) is 18.0. The number of amides is 4. The van der Waals surface area contributed by atoms with Gasteiger partial charge in [-0.3, -0.25) is 19.2 Å². The molecule has 6 atom stereocenters. The lowest BCUT2D eigenvalue weighted by molar-refractivity contribution is -0.143. The molecule has 4 aromatic rings. The van der Waals surface area contributed by atoms with Crippen molar-refractivity contribution in [3.8, 4) is 45.5 Å². The highest BCUT2D eigenvalue weighted by Gasteiger charge is 2.37. The molecule has 70 heavy (non-hydrogen) atoms. The monoisotopic (exact) mass is 994 g/mol. The third-order valence-electron chi connectivity index (χ3n) is 10.7. The molecule has 5 rings (SSSR count). The van der Waals surface area contributed by atoms with Crippen LogP contribution in [0.1, 0.15) is 54.0 Å². The summed E-state index contributed by atoms with van der Waals surface area (Å²) in [5, 5.41) is 55.3. The number of benzene rings is 3. The predicted molar refractivity (Wildman–Crippen MR) is 251 cm³/mol. The first-order valence-electron chi connectivity index (χ1n) is 21.8. The van der Waals surface area contributed by atoms with Crippen molar-refractivity contribution in [2.24, 2.45) is 16.6 Å². The van der Waals surface area contributed by atoms with Crippen LogP contribution in [0.5, 0.6) is 23.0 Å². The maximum Gasteiger partial charge on any atom is 0.326 e. The number of fused-ring (bicyclic) bond motifs is 5. The number of rotatable bonds is 19. The third-order valence-corrected chi connectivity index (χ3v) is 11.3. The Morgan fingerprint density at radius 2 is 1.57 bits per heavy atom. The minimum atomic E-state index is -4.52. The number of nitrogens with one attached hydrogen (secondary N) is 4. The van der Waals surface area contributed by atoms with E-state index in [9.17, 15) is 52.8 Å². The number of aliphatic carboxylic acids is 1. The lowest BCUT2D eigenvalue weighted by Crippen LogP contribution is -2.57. The van der Waals surface area contributed by atoms with Crippen LogP contribution >= 0.6 is 0 Å². The van der Waals surface area contributed by atoms with Crippen LogP contribution in [0.15, 0.2) is 60.8 Å². The number of aryl methyl sites for hydroxylation is 1. The van der Waals surface area contributed by atoms with E-state index in [1.54, 1.807) is 24.3 Å². The van der Waals surface area contributed by atoms with Crippen LogP contribution in [-0.4, -0.2) is 150 Å². The molecule has 2 heterocycles. The number of aromatic hydroxyl groups is 1. The minimum absolute atomic E-state index is 0.0111. The van der Waals surface area contributed by atoms with Crippen molar-refractivity contribution >= 4 is 39.8 Å². The molecule has 3 aromatic carbocycles. The van der Waals surface area contributed by atoms with Crippen LogP contribution in [0.3, 0.4) is 0 Å². The molecular formula is C45H58N10O14S. The number of phenolic OH excluding ortho intramolecular Hbond substituents is 1. The standard InChI is InChI=1S/C45H58N10O14S/c1-22(2)69-30-9-7-26(8-10-30)40-49-18-33(23(3)51-40)42(60)54-35(19-50-70(48,65)66)44(62)55(5)38-27-14-32(39(58)37(15-27)68-21-29(57)17-47)31-12-25(6-11-36(31)67-20-28(56)16-46)13-34(45(63)64)53-41(59)24(4)52-43(38)61/h6-12,14-15,18,22,24,28-29,34-35,38,50,56-58H,13,16-17,19-21,46-47H2,1-5H3,(H,52,61)(H,53,59)(H,54,60)(H,63,64)(H2,48,65,66)/t24-,28?,29?,34-,35?,38-/m0/s1. The molecule has 0 saturated carbocycles. The fourth-order valence-electron chi connectivity index (χ4n) is 7.08. The zero-order valence-corrected chi connectivity index (χ0v) is 39.7. The summed E-state index contributed by atoms with van der Waals surface area (Å²) in [5.74, 6) is -5.56. The first kappa shape index (κ1) is 53.9. The van der Waals surface area contributed by atoms with E-state index >= 15 is 0 Å². The molecule has 378 valence electrons. The van der Waals surface area contributed by atoms with Gasteiger partial charge in [0.2, 0.25) is 17.7 Å². The van der Waals surface area contributed by atoms with Gasteiger partial charge < -0.3 is 67.0 Å². The van der Waals surface area contributed by atoms with Crippen LogP contribution in [0.2, 0.25) is 0 Å². The number of carboxylic acid groups (broad SMARTS) is 1. The highest BCUT2D eigenvalue weighted by molar-refractivity contribution is 7.87. The third kappa shape index (κ3) is 14.1. The van der Waals surface area contributed by atoms with E-state index in [2.05, 4.69) is 25.9 Å². The first-order chi connectivity index (χ1) is 33.0. The summed E-state index contributed by atoms with van der Waals surface area (Å²) in [5.41, 5.74) is 12.0. The van der Waals surface area contributed by atoms with E-state index in [4.69, 9.17) is 30.8 Å².